The lowest BCUT2D eigenvalue weighted by molar-refractivity contribution is -0.146. The standard InChI is InChI=1S/C19H28F3N5O6SSi/c1-16(2,3)31-7-9-11(33-17(4,5)6)18(28,34(29,30)19(20,21)22)14(32-9)27-13-10-12(24-8-23-10)25-15(27)35-26-13/h8-9,11,14,26,28H,7,35H2,1-6H3/t9-,11-,14-,18-/m1/s1. The summed E-state index contributed by atoms with van der Waals surface area (Å²) in [6.45, 7) is 9.43. The van der Waals surface area contributed by atoms with Gasteiger partial charge in [0.1, 0.15) is 35.5 Å². The molecule has 2 N–H and O–H groups in total. The largest absolute Gasteiger partial charge is 0.500 e. The molecule has 35 heavy (non-hydrogen) atoms. The highest BCUT2D eigenvalue weighted by molar-refractivity contribution is 7.93. The van der Waals surface area contributed by atoms with Crippen LogP contribution in [0.15, 0.2) is 6.33 Å². The molecule has 4 atom stereocenters. The number of rotatable bonds is 5. The Morgan fingerprint density at radius 3 is 2.43 bits per heavy atom. The van der Waals surface area contributed by atoms with Gasteiger partial charge in [-0.15, -0.1) is 0 Å². The summed E-state index contributed by atoms with van der Waals surface area (Å²) < 4.78 is 86.6. The number of fused-ring (bicyclic) bond motifs is 4. The molecule has 0 aromatic heterocycles. The van der Waals surface area contributed by atoms with Gasteiger partial charge < -0.3 is 24.3 Å². The van der Waals surface area contributed by atoms with Gasteiger partial charge in [-0.25, -0.2) is 23.4 Å². The molecular weight excluding hydrogens is 511 g/mol. The molecule has 0 unspecified atom stereocenters. The molecule has 0 aromatic rings. The molecule has 0 aromatic carbocycles. The van der Waals surface area contributed by atoms with E-state index < -0.39 is 59.6 Å². The number of aromatic nitrogens is 4. The van der Waals surface area contributed by atoms with Crippen LogP contribution in [-0.2, 0) is 24.0 Å². The van der Waals surface area contributed by atoms with Crippen LogP contribution in [0.4, 0.5) is 19.0 Å². The highest BCUT2D eigenvalue weighted by atomic mass is 32.2. The molecule has 4 aliphatic heterocycles. The van der Waals surface area contributed by atoms with Crippen LogP contribution in [0.25, 0.3) is 11.5 Å². The van der Waals surface area contributed by atoms with E-state index in [1.54, 1.807) is 20.8 Å². The maximum atomic E-state index is 14.0. The summed E-state index contributed by atoms with van der Waals surface area (Å²) in [7, 11) is -7.68. The second kappa shape index (κ2) is 8.07. The Kier molecular flexibility index (Phi) is 6.05. The zero-order chi connectivity index (χ0) is 26.2. The number of hydrogen-bond donors (Lipinski definition) is 2. The molecular formula is C19H28F3N5O6SSi. The molecule has 0 spiro atoms. The number of nitrogens with zero attached hydrogens (tertiary/aromatic N) is 4. The van der Waals surface area contributed by atoms with Gasteiger partial charge in [0, 0.05) is 0 Å². The zero-order valence-electron chi connectivity index (χ0n) is 20.0. The van der Waals surface area contributed by atoms with Gasteiger partial charge in [-0.05, 0) is 41.5 Å². The molecule has 4 rings (SSSR count). The third kappa shape index (κ3) is 4.33. The van der Waals surface area contributed by atoms with Gasteiger partial charge >= 0.3 is 5.51 Å². The van der Waals surface area contributed by atoms with E-state index in [4.69, 9.17) is 14.2 Å². The average Bonchev–Trinajstić information content (AvgIpc) is 3.34. The van der Waals surface area contributed by atoms with Gasteiger partial charge in [-0.2, -0.15) is 13.2 Å². The molecule has 0 saturated carbocycles. The van der Waals surface area contributed by atoms with Crippen molar-refractivity contribution >= 4 is 30.8 Å². The van der Waals surface area contributed by atoms with Crippen molar-refractivity contribution in [2.45, 2.75) is 81.6 Å². The second-order valence-electron chi connectivity index (χ2n) is 10.4. The average molecular weight is 540 g/mol. The Bertz CT molecular complexity index is 1200. The van der Waals surface area contributed by atoms with Crippen LogP contribution in [0.5, 0.6) is 0 Å². The summed E-state index contributed by atoms with van der Waals surface area (Å²) in [5, 5.41) is 11.7. The number of sulfone groups is 1. The van der Waals surface area contributed by atoms with Gasteiger partial charge in [0.15, 0.2) is 21.7 Å². The number of anilines is 1. The van der Waals surface area contributed by atoms with E-state index in [1.165, 1.54) is 27.1 Å². The normalized spacial score (nSPS) is 28.2. The number of nitrogens with one attached hydrogen (secondary N) is 1. The molecule has 4 heterocycles. The first-order valence-electron chi connectivity index (χ1n) is 10.8. The molecule has 4 aliphatic rings. The Hall–Kier alpha value is -1.85. The molecule has 0 amide bonds. The van der Waals surface area contributed by atoms with Crippen LogP contribution in [-0.4, -0.2) is 83.2 Å². The van der Waals surface area contributed by atoms with E-state index in [2.05, 4.69) is 19.9 Å². The molecule has 196 valence electrons. The van der Waals surface area contributed by atoms with Crippen molar-refractivity contribution in [1.29, 1.82) is 0 Å². The maximum absolute atomic E-state index is 14.0. The number of hydrogen-bond acceptors (Lipinski definition) is 10. The predicted molar refractivity (Wildman–Crippen MR) is 120 cm³/mol. The molecule has 16 heteroatoms. The summed E-state index contributed by atoms with van der Waals surface area (Å²) in [5.74, 6) is 0.431. The van der Waals surface area contributed by atoms with Crippen LogP contribution in [0, 0.1) is 0 Å². The first-order valence-corrected chi connectivity index (χ1v) is 13.7. The van der Waals surface area contributed by atoms with Crippen molar-refractivity contribution in [1.82, 2.24) is 19.5 Å². The second-order valence-corrected chi connectivity index (χ2v) is 13.9. The smallest absolute Gasteiger partial charge is 0.393 e. The fourth-order valence-corrected chi connectivity index (χ4v) is 6.78. The van der Waals surface area contributed by atoms with E-state index in [-0.39, 0.29) is 29.4 Å². The van der Waals surface area contributed by atoms with Gasteiger partial charge in [-0.3, -0.25) is 4.57 Å². The van der Waals surface area contributed by atoms with Gasteiger partial charge in [0.2, 0.25) is 4.93 Å². The van der Waals surface area contributed by atoms with Gasteiger partial charge in [-0.1, -0.05) is 0 Å². The van der Waals surface area contributed by atoms with E-state index in [0.717, 1.165) is 4.57 Å². The maximum Gasteiger partial charge on any atom is 0.500 e. The third-order valence-electron chi connectivity index (χ3n) is 5.50. The van der Waals surface area contributed by atoms with Crippen molar-refractivity contribution in [3.8, 4) is 11.5 Å². The summed E-state index contributed by atoms with van der Waals surface area (Å²) in [6.07, 6.45) is -4.13. The van der Waals surface area contributed by atoms with Crippen LogP contribution in [0.2, 0.25) is 0 Å². The van der Waals surface area contributed by atoms with Crippen molar-refractivity contribution in [2.24, 2.45) is 0 Å². The SMILES string of the molecule is CC(C)(C)OC[C@H]1O[C@@H](n2c3nc4ncnc-4c2N[SiH2]3)[C@](O)(S(=O)(=O)C(F)(F)F)[C@@H]1OC(C)(C)C. The Balaban J connectivity index is 1.94. The molecule has 0 aliphatic carbocycles. The first kappa shape index (κ1) is 26.2. The molecule has 1 saturated heterocycles. The van der Waals surface area contributed by atoms with Crippen molar-refractivity contribution in [3.63, 3.8) is 0 Å². The lowest BCUT2D eigenvalue weighted by Crippen LogP contribution is -2.60. The minimum Gasteiger partial charge on any atom is -0.393 e. The Morgan fingerprint density at radius 1 is 1.20 bits per heavy atom. The fourth-order valence-electron chi connectivity index (χ4n) is 4.10. The van der Waals surface area contributed by atoms with E-state index >= 15 is 0 Å². The minimum absolute atomic E-state index is 0.182. The number of halogens is 3. The highest BCUT2D eigenvalue weighted by Gasteiger charge is 2.73. The Labute approximate surface area is 202 Å². The number of ether oxygens (including phenoxy) is 3. The quantitative estimate of drug-likeness (QED) is 0.515. The summed E-state index contributed by atoms with van der Waals surface area (Å²) in [4.78, 5) is 11.9. The first-order chi connectivity index (χ1) is 15.9. The monoisotopic (exact) mass is 539 g/mol. The fraction of sp³-hybridized carbons (Fsp3) is 0.737. The van der Waals surface area contributed by atoms with Crippen molar-refractivity contribution < 1.29 is 40.9 Å². The third-order valence-corrected chi connectivity index (χ3v) is 8.74. The van der Waals surface area contributed by atoms with Gasteiger partial charge in [0.25, 0.3) is 9.84 Å². The van der Waals surface area contributed by atoms with Crippen molar-refractivity contribution in [3.05, 3.63) is 6.33 Å². The molecule has 2 bridgehead atoms. The van der Waals surface area contributed by atoms with Crippen LogP contribution >= 0.6 is 0 Å². The molecule has 11 nitrogen and oxygen atoms in total. The number of aliphatic hydroxyl groups is 1. The van der Waals surface area contributed by atoms with Crippen LogP contribution in [0.1, 0.15) is 47.8 Å². The lowest BCUT2D eigenvalue weighted by Gasteiger charge is -2.37. The molecule has 1 fully saturated rings. The van der Waals surface area contributed by atoms with E-state index in [9.17, 15) is 26.7 Å². The van der Waals surface area contributed by atoms with E-state index in [1.807, 2.05) is 0 Å². The van der Waals surface area contributed by atoms with Crippen LogP contribution < -0.4 is 10.4 Å². The van der Waals surface area contributed by atoms with Crippen LogP contribution in [0.3, 0.4) is 0 Å². The number of alkyl halides is 3. The summed E-state index contributed by atoms with van der Waals surface area (Å²) in [5.41, 5.74) is -7.20. The molecule has 0 radical (unpaired) electrons. The zero-order valence-corrected chi connectivity index (χ0v) is 22.3. The minimum atomic E-state index is -6.27. The van der Waals surface area contributed by atoms with Gasteiger partial charge in [0.05, 0.1) is 17.8 Å². The summed E-state index contributed by atoms with van der Waals surface area (Å²) in [6, 6.07) is 0. The highest BCUT2D eigenvalue weighted by Crippen LogP contribution is 2.51. The number of imidazole rings is 1. The Morgan fingerprint density at radius 2 is 1.86 bits per heavy atom. The van der Waals surface area contributed by atoms with Crippen molar-refractivity contribution in [2.75, 3.05) is 11.6 Å². The predicted octanol–water partition coefficient (Wildman–Crippen LogP) is 0.432. The topological polar surface area (TPSA) is 138 Å². The summed E-state index contributed by atoms with van der Waals surface area (Å²) >= 11 is 0. The lowest BCUT2D eigenvalue weighted by atomic mass is 10.1. The van der Waals surface area contributed by atoms with E-state index in [0.29, 0.717) is 0 Å².